The Morgan fingerprint density at radius 2 is 0.900 bits per heavy atom. The zero-order valence-electron chi connectivity index (χ0n) is 5.09. The molecule has 0 unspecified atom stereocenters. The maximum Gasteiger partial charge on any atom is 0.665 e. The largest absolute Gasteiger partial charge is 0.665 e. The SMILES string of the molecule is O[Si](O)(O)O[Si](O)(O)O.[K]. The van der Waals surface area contributed by atoms with E-state index in [0.717, 1.165) is 0 Å². The Labute approximate surface area is 101 Å². The molecule has 0 aliphatic heterocycles. The van der Waals surface area contributed by atoms with Crippen molar-refractivity contribution >= 4 is 69.5 Å². The summed E-state index contributed by atoms with van der Waals surface area (Å²) in [5, 5.41) is 0. The van der Waals surface area contributed by atoms with Crippen molar-refractivity contribution < 1.29 is 32.9 Å². The zero-order valence-corrected chi connectivity index (χ0v) is 10.2. The van der Waals surface area contributed by atoms with Gasteiger partial charge < -0.3 is 32.9 Å². The predicted molar refractivity (Wildman–Crippen MR) is 31.7 cm³/mol. The first-order valence-electron chi connectivity index (χ1n) is 1.75. The topological polar surface area (TPSA) is 131 Å². The molecular weight excluding hydrogens is 207 g/mol. The number of hydrogen-bond donors (Lipinski definition) is 6. The van der Waals surface area contributed by atoms with Crippen LogP contribution in [-0.2, 0) is 4.12 Å². The average molecular weight is 213 g/mol. The second-order valence-electron chi connectivity index (χ2n) is 1.25. The molecule has 0 spiro atoms. The maximum atomic E-state index is 7.94. The van der Waals surface area contributed by atoms with Crippen molar-refractivity contribution in [2.75, 3.05) is 0 Å². The summed E-state index contributed by atoms with van der Waals surface area (Å²) in [6.45, 7) is 0. The fourth-order valence-corrected chi connectivity index (χ4v) is 1.65. The van der Waals surface area contributed by atoms with Crippen LogP contribution in [0.25, 0.3) is 0 Å². The Morgan fingerprint density at radius 1 is 0.700 bits per heavy atom. The van der Waals surface area contributed by atoms with Gasteiger partial charge in [0.2, 0.25) is 0 Å². The zero-order chi connectivity index (χ0) is 7.71. The van der Waals surface area contributed by atoms with Gasteiger partial charge in [-0.2, -0.15) is 0 Å². The number of hydrogen-bond acceptors (Lipinski definition) is 7. The second kappa shape index (κ2) is 4.73. The molecule has 0 heterocycles. The molecule has 0 aliphatic rings. The van der Waals surface area contributed by atoms with Crippen LogP contribution in [-0.4, -0.2) is 98.3 Å². The Balaban J connectivity index is 0. The van der Waals surface area contributed by atoms with E-state index in [0.29, 0.717) is 0 Å². The van der Waals surface area contributed by atoms with Gasteiger partial charge in [0.15, 0.2) is 0 Å². The third-order valence-corrected chi connectivity index (χ3v) is 2.46. The van der Waals surface area contributed by atoms with Gasteiger partial charge in [-0.05, 0) is 0 Å². The molecule has 0 aromatic heterocycles. The minimum atomic E-state index is -4.98. The third kappa shape index (κ3) is 12.5. The summed E-state index contributed by atoms with van der Waals surface area (Å²) in [6, 6.07) is 0. The normalized spacial score (nSPS) is 12.6. The van der Waals surface area contributed by atoms with Crippen LogP contribution in [0.3, 0.4) is 0 Å². The second-order valence-corrected chi connectivity index (χ2v) is 4.36. The molecule has 10 heteroatoms. The fourth-order valence-electron chi connectivity index (χ4n) is 0.184. The van der Waals surface area contributed by atoms with Crippen LogP contribution in [0.1, 0.15) is 0 Å². The third-order valence-electron chi connectivity index (χ3n) is 0.274. The van der Waals surface area contributed by atoms with Crippen LogP contribution < -0.4 is 0 Å². The molecule has 0 saturated heterocycles. The van der Waals surface area contributed by atoms with Gasteiger partial charge in [0.25, 0.3) is 0 Å². The van der Waals surface area contributed by atoms with Crippen molar-refractivity contribution in [1.82, 2.24) is 0 Å². The van der Waals surface area contributed by atoms with E-state index in [2.05, 4.69) is 4.12 Å². The van der Waals surface area contributed by atoms with E-state index in [1.807, 2.05) is 0 Å². The Hall–Kier alpha value is 1.79. The van der Waals surface area contributed by atoms with Gasteiger partial charge in [0, 0.05) is 51.4 Å². The first kappa shape index (κ1) is 14.3. The van der Waals surface area contributed by atoms with Crippen molar-refractivity contribution in [2.24, 2.45) is 0 Å². The molecule has 0 aromatic carbocycles. The van der Waals surface area contributed by atoms with Crippen molar-refractivity contribution in [3.8, 4) is 0 Å². The van der Waals surface area contributed by atoms with E-state index in [1.165, 1.54) is 0 Å². The Kier molecular flexibility index (Phi) is 6.77. The van der Waals surface area contributed by atoms with E-state index in [4.69, 9.17) is 28.8 Å². The van der Waals surface area contributed by atoms with Crippen LogP contribution >= 0.6 is 0 Å². The van der Waals surface area contributed by atoms with Gasteiger partial charge in [-0.3, -0.25) is 0 Å². The first-order valence-corrected chi connectivity index (χ1v) is 5.25. The predicted octanol–water partition coefficient (Wildman–Crippen LogP) is -4.55. The smallest absolute Gasteiger partial charge is 0.368 e. The summed E-state index contributed by atoms with van der Waals surface area (Å²) in [7, 11) is -9.96. The van der Waals surface area contributed by atoms with E-state index in [1.54, 1.807) is 0 Å². The van der Waals surface area contributed by atoms with E-state index >= 15 is 0 Å². The molecule has 57 valence electrons. The minimum Gasteiger partial charge on any atom is -0.368 e. The van der Waals surface area contributed by atoms with Gasteiger partial charge in [-0.25, -0.2) is 0 Å². The van der Waals surface area contributed by atoms with E-state index < -0.39 is 18.1 Å². The molecule has 0 rings (SSSR count). The van der Waals surface area contributed by atoms with Crippen LogP contribution in [0.2, 0.25) is 0 Å². The quantitative estimate of drug-likeness (QED) is 0.255. The van der Waals surface area contributed by atoms with E-state index in [9.17, 15) is 0 Å². The molecule has 0 bridgehead atoms. The maximum absolute atomic E-state index is 7.94. The average Bonchev–Trinajstić information content (AvgIpc) is 1.14. The molecule has 0 fully saturated rings. The van der Waals surface area contributed by atoms with Crippen LogP contribution in [0.5, 0.6) is 0 Å². The van der Waals surface area contributed by atoms with Crippen LogP contribution in [0, 0.1) is 0 Å². The molecule has 0 aromatic rings. The van der Waals surface area contributed by atoms with Gasteiger partial charge in [-0.15, -0.1) is 0 Å². The fraction of sp³-hybridized carbons (Fsp3) is 0. The van der Waals surface area contributed by atoms with Crippen molar-refractivity contribution in [3.63, 3.8) is 0 Å². The summed E-state index contributed by atoms with van der Waals surface area (Å²) >= 11 is 0. The summed E-state index contributed by atoms with van der Waals surface area (Å²) in [6.07, 6.45) is 0. The molecule has 0 aliphatic carbocycles. The molecule has 0 amide bonds. The van der Waals surface area contributed by atoms with Crippen molar-refractivity contribution in [2.45, 2.75) is 0 Å². The monoisotopic (exact) mass is 213 g/mol. The summed E-state index contributed by atoms with van der Waals surface area (Å²) < 4.78 is 3.24. The standard InChI is InChI=1S/K.H6O7Si2/c;1-8(2,3)7-9(4,5)6/h;1-6H. The van der Waals surface area contributed by atoms with Gasteiger partial charge in [0.1, 0.15) is 0 Å². The van der Waals surface area contributed by atoms with Gasteiger partial charge in [0.05, 0.1) is 0 Å². The molecule has 0 saturated carbocycles. The van der Waals surface area contributed by atoms with Crippen LogP contribution in [0.4, 0.5) is 0 Å². The van der Waals surface area contributed by atoms with Crippen LogP contribution in [0.15, 0.2) is 0 Å². The first-order chi connectivity index (χ1) is 3.71. The number of rotatable bonds is 2. The minimum absolute atomic E-state index is 0. The summed E-state index contributed by atoms with van der Waals surface area (Å²) in [5.74, 6) is 0. The summed E-state index contributed by atoms with van der Waals surface area (Å²) in [5.41, 5.74) is 0. The molecule has 1 radical (unpaired) electrons. The molecule has 0 atom stereocenters. The Bertz CT molecular complexity index is 76.8. The molecule has 6 N–H and O–H groups in total. The molecule has 7 nitrogen and oxygen atoms in total. The van der Waals surface area contributed by atoms with Crippen molar-refractivity contribution in [3.05, 3.63) is 0 Å². The molecular formula is H6KO7Si2. The van der Waals surface area contributed by atoms with Gasteiger partial charge >= 0.3 is 18.1 Å². The Morgan fingerprint density at radius 3 is 0.900 bits per heavy atom. The summed E-state index contributed by atoms with van der Waals surface area (Å²) in [4.78, 5) is 47.6. The molecule has 10 heavy (non-hydrogen) atoms. The van der Waals surface area contributed by atoms with E-state index in [-0.39, 0.29) is 51.4 Å². The van der Waals surface area contributed by atoms with Gasteiger partial charge in [-0.1, -0.05) is 0 Å². The van der Waals surface area contributed by atoms with Crippen molar-refractivity contribution in [1.29, 1.82) is 0 Å².